The van der Waals surface area contributed by atoms with E-state index in [0.717, 1.165) is 4.88 Å². The summed E-state index contributed by atoms with van der Waals surface area (Å²) in [6, 6.07) is 12.5. The molecule has 0 saturated carbocycles. The van der Waals surface area contributed by atoms with E-state index in [9.17, 15) is 5.11 Å². The number of nitriles is 1. The molecule has 2 aromatic rings. The second kappa shape index (κ2) is 4.67. The second-order valence-corrected chi connectivity index (χ2v) is 5.03. The fraction of sp³-hybridized carbons (Fsp3) is 0.0833. The molecular weight excluding hydrogens is 242 g/mol. The number of thiophene rings is 1. The van der Waals surface area contributed by atoms with Crippen molar-refractivity contribution >= 4 is 22.9 Å². The zero-order chi connectivity index (χ0) is 11.5. The number of halogens is 1. The molecule has 80 valence electrons. The highest BCUT2D eigenvalue weighted by molar-refractivity contribution is 7.16. The number of hydrogen-bond acceptors (Lipinski definition) is 3. The molecule has 0 aliphatic rings. The van der Waals surface area contributed by atoms with Gasteiger partial charge in [-0.1, -0.05) is 23.7 Å². The molecule has 0 saturated heterocycles. The first-order valence-electron chi connectivity index (χ1n) is 4.64. The summed E-state index contributed by atoms with van der Waals surface area (Å²) in [7, 11) is 0. The van der Waals surface area contributed by atoms with Crippen LogP contribution in [0.1, 0.15) is 22.1 Å². The Labute approximate surface area is 102 Å². The standard InChI is InChI=1S/C12H8ClNOS/c13-11-5-4-10(16-11)12(15)9-3-1-2-8(6-9)7-14/h1-6,12,15H. The van der Waals surface area contributed by atoms with Crippen molar-refractivity contribution in [1.29, 1.82) is 5.26 Å². The third kappa shape index (κ3) is 2.25. The topological polar surface area (TPSA) is 44.0 Å². The maximum absolute atomic E-state index is 10.1. The largest absolute Gasteiger partial charge is 0.383 e. The van der Waals surface area contributed by atoms with E-state index in [2.05, 4.69) is 0 Å². The van der Waals surface area contributed by atoms with Crippen LogP contribution in [0.25, 0.3) is 0 Å². The quantitative estimate of drug-likeness (QED) is 0.887. The normalized spacial score (nSPS) is 12.1. The molecule has 0 fully saturated rings. The lowest BCUT2D eigenvalue weighted by Crippen LogP contribution is -1.96. The zero-order valence-corrected chi connectivity index (χ0v) is 9.79. The molecular formula is C12H8ClNOS. The van der Waals surface area contributed by atoms with Crippen LogP contribution in [0.3, 0.4) is 0 Å². The van der Waals surface area contributed by atoms with Crippen LogP contribution in [0.4, 0.5) is 0 Å². The van der Waals surface area contributed by atoms with E-state index >= 15 is 0 Å². The van der Waals surface area contributed by atoms with Crippen molar-refractivity contribution < 1.29 is 5.11 Å². The molecule has 16 heavy (non-hydrogen) atoms. The van der Waals surface area contributed by atoms with Gasteiger partial charge in [-0.2, -0.15) is 5.26 Å². The summed E-state index contributed by atoms with van der Waals surface area (Å²) >= 11 is 7.14. The number of hydrogen-bond donors (Lipinski definition) is 1. The second-order valence-electron chi connectivity index (χ2n) is 3.28. The SMILES string of the molecule is N#Cc1cccc(C(O)c2ccc(Cl)s2)c1. The molecule has 2 rings (SSSR count). The highest BCUT2D eigenvalue weighted by atomic mass is 35.5. The highest BCUT2D eigenvalue weighted by Crippen LogP contribution is 2.30. The molecule has 0 aliphatic carbocycles. The fourth-order valence-electron chi connectivity index (χ4n) is 1.42. The van der Waals surface area contributed by atoms with Gasteiger partial charge in [0, 0.05) is 4.88 Å². The number of rotatable bonds is 2. The van der Waals surface area contributed by atoms with E-state index in [4.69, 9.17) is 16.9 Å². The number of aliphatic hydroxyl groups excluding tert-OH is 1. The van der Waals surface area contributed by atoms with E-state index in [0.29, 0.717) is 15.5 Å². The number of aliphatic hydroxyl groups is 1. The lowest BCUT2D eigenvalue weighted by atomic mass is 10.1. The Morgan fingerprint density at radius 3 is 2.75 bits per heavy atom. The maximum Gasteiger partial charge on any atom is 0.113 e. The first-order valence-corrected chi connectivity index (χ1v) is 5.83. The first-order chi connectivity index (χ1) is 7.70. The van der Waals surface area contributed by atoms with Gasteiger partial charge in [0.2, 0.25) is 0 Å². The molecule has 0 bridgehead atoms. The van der Waals surface area contributed by atoms with Crippen molar-refractivity contribution in [1.82, 2.24) is 0 Å². The smallest absolute Gasteiger partial charge is 0.113 e. The van der Waals surface area contributed by atoms with Gasteiger partial charge in [0.15, 0.2) is 0 Å². The van der Waals surface area contributed by atoms with Crippen LogP contribution >= 0.6 is 22.9 Å². The molecule has 1 N–H and O–H groups in total. The van der Waals surface area contributed by atoms with E-state index in [-0.39, 0.29) is 0 Å². The Bertz CT molecular complexity index is 544. The molecule has 2 nitrogen and oxygen atoms in total. The summed E-state index contributed by atoms with van der Waals surface area (Å²) in [6.45, 7) is 0. The summed E-state index contributed by atoms with van der Waals surface area (Å²) in [4.78, 5) is 0.778. The fourth-order valence-corrected chi connectivity index (χ4v) is 2.49. The predicted molar refractivity (Wildman–Crippen MR) is 64.5 cm³/mol. The van der Waals surface area contributed by atoms with Gasteiger partial charge in [-0.05, 0) is 29.8 Å². The summed E-state index contributed by atoms with van der Waals surface area (Å²) in [5, 5.41) is 18.8. The zero-order valence-electron chi connectivity index (χ0n) is 8.22. The molecule has 0 spiro atoms. The molecule has 1 heterocycles. The predicted octanol–water partition coefficient (Wildman–Crippen LogP) is 3.35. The number of nitrogens with zero attached hydrogens (tertiary/aromatic N) is 1. The minimum Gasteiger partial charge on any atom is -0.383 e. The van der Waals surface area contributed by atoms with Crippen molar-refractivity contribution in [3.63, 3.8) is 0 Å². The number of benzene rings is 1. The molecule has 0 amide bonds. The van der Waals surface area contributed by atoms with Crippen LogP contribution in [-0.2, 0) is 0 Å². The van der Waals surface area contributed by atoms with Crippen LogP contribution in [0.15, 0.2) is 36.4 Å². The average molecular weight is 250 g/mol. The van der Waals surface area contributed by atoms with E-state index in [1.165, 1.54) is 11.3 Å². The Kier molecular flexibility index (Phi) is 3.25. The third-order valence-electron chi connectivity index (χ3n) is 2.19. The minimum absolute atomic E-state index is 0.541. The summed E-state index contributed by atoms with van der Waals surface area (Å²) in [5.41, 5.74) is 1.25. The van der Waals surface area contributed by atoms with Crippen molar-refractivity contribution in [3.8, 4) is 6.07 Å². The van der Waals surface area contributed by atoms with Crippen LogP contribution < -0.4 is 0 Å². The molecule has 1 unspecified atom stereocenters. The van der Waals surface area contributed by atoms with Gasteiger partial charge in [-0.25, -0.2) is 0 Å². The Morgan fingerprint density at radius 2 is 2.12 bits per heavy atom. The van der Waals surface area contributed by atoms with Gasteiger partial charge in [0.1, 0.15) is 6.10 Å². The first kappa shape index (κ1) is 11.2. The molecule has 0 aliphatic heterocycles. The summed E-state index contributed by atoms with van der Waals surface area (Å²) in [6.07, 6.45) is -0.717. The van der Waals surface area contributed by atoms with Crippen LogP contribution in [0.5, 0.6) is 0 Å². The van der Waals surface area contributed by atoms with Gasteiger partial charge >= 0.3 is 0 Å². The van der Waals surface area contributed by atoms with Crippen LogP contribution in [0, 0.1) is 11.3 Å². The van der Waals surface area contributed by atoms with Crippen molar-refractivity contribution in [2.45, 2.75) is 6.10 Å². The lowest BCUT2D eigenvalue weighted by Gasteiger charge is -2.08. The molecule has 4 heteroatoms. The molecule has 1 aromatic heterocycles. The monoisotopic (exact) mass is 249 g/mol. The van der Waals surface area contributed by atoms with Crippen LogP contribution in [-0.4, -0.2) is 5.11 Å². The van der Waals surface area contributed by atoms with Gasteiger partial charge in [-0.15, -0.1) is 11.3 Å². The Hall–Kier alpha value is -1.34. The molecule has 1 atom stereocenters. The van der Waals surface area contributed by atoms with Gasteiger partial charge in [0.25, 0.3) is 0 Å². The maximum atomic E-state index is 10.1. The van der Waals surface area contributed by atoms with Gasteiger partial charge in [0.05, 0.1) is 16.0 Å². The van der Waals surface area contributed by atoms with Crippen molar-refractivity contribution in [2.24, 2.45) is 0 Å². The van der Waals surface area contributed by atoms with Crippen molar-refractivity contribution in [2.75, 3.05) is 0 Å². The molecule has 1 aromatic carbocycles. The summed E-state index contributed by atoms with van der Waals surface area (Å²) in [5.74, 6) is 0. The van der Waals surface area contributed by atoms with Gasteiger partial charge in [-0.3, -0.25) is 0 Å². The van der Waals surface area contributed by atoms with E-state index in [1.807, 2.05) is 6.07 Å². The lowest BCUT2D eigenvalue weighted by molar-refractivity contribution is 0.224. The Morgan fingerprint density at radius 1 is 1.31 bits per heavy atom. The Balaban J connectivity index is 2.34. The van der Waals surface area contributed by atoms with E-state index in [1.54, 1.807) is 36.4 Å². The third-order valence-corrected chi connectivity index (χ3v) is 3.48. The molecule has 0 radical (unpaired) electrons. The van der Waals surface area contributed by atoms with Crippen molar-refractivity contribution in [3.05, 3.63) is 56.7 Å². The highest BCUT2D eigenvalue weighted by Gasteiger charge is 2.12. The average Bonchev–Trinajstić information content (AvgIpc) is 2.75. The van der Waals surface area contributed by atoms with Crippen LogP contribution in [0.2, 0.25) is 4.34 Å². The minimum atomic E-state index is -0.717. The van der Waals surface area contributed by atoms with Gasteiger partial charge < -0.3 is 5.11 Å². The summed E-state index contributed by atoms with van der Waals surface area (Å²) < 4.78 is 0.644. The van der Waals surface area contributed by atoms with E-state index < -0.39 is 6.10 Å².